The summed E-state index contributed by atoms with van der Waals surface area (Å²) in [6.07, 6.45) is 3.74. The molecule has 2 heterocycles. The summed E-state index contributed by atoms with van der Waals surface area (Å²) in [5.74, 6) is 0.280. The van der Waals surface area contributed by atoms with E-state index in [1.54, 1.807) is 21.5 Å². The molecule has 8 heteroatoms. The minimum absolute atomic E-state index is 0.114. The molecule has 0 N–H and O–H groups in total. The number of thioether (sulfide) groups is 1. The number of nitrogens with zero attached hydrogens (tertiary/aromatic N) is 4. The van der Waals surface area contributed by atoms with E-state index in [0.717, 1.165) is 11.3 Å². The number of carbonyl (C=O) groups is 1. The van der Waals surface area contributed by atoms with E-state index in [1.165, 1.54) is 18.9 Å². The van der Waals surface area contributed by atoms with Crippen molar-refractivity contribution in [3.63, 3.8) is 0 Å². The Morgan fingerprint density at radius 2 is 1.90 bits per heavy atom. The fraction of sp³-hybridized carbons (Fsp3) is 0.182. The molecule has 0 radical (unpaired) electrons. The molecule has 0 aliphatic rings. The van der Waals surface area contributed by atoms with E-state index in [4.69, 9.17) is 4.74 Å². The summed E-state index contributed by atoms with van der Waals surface area (Å²) < 4.78 is 8.08. The van der Waals surface area contributed by atoms with E-state index in [9.17, 15) is 9.59 Å². The van der Waals surface area contributed by atoms with Crippen LogP contribution in [0.1, 0.15) is 12.0 Å². The lowest BCUT2D eigenvalue weighted by atomic mass is 10.2. The highest BCUT2D eigenvalue weighted by Gasteiger charge is 2.13. The van der Waals surface area contributed by atoms with Gasteiger partial charge in [0, 0.05) is 24.7 Å². The quantitative estimate of drug-likeness (QED) is 0.259. The smallest absolute Gasteiger partial charge is 0.307 e. The minimum atomic E-state index is -0.361. The van der Waals surface area contributed by atoms with Crippen molar-refractivity contribution < 1.29 is 9.53 Å². The number of fused-ring (bicyclic) bond motifs is 1. The van der Waals surface area contributed by atoms with Gasteiger partial charge in [0.1, 0.15) is 0 Å². The van der Waals surface area contributed by atoms with E-state index in [-0.39, 0.29) is 24.5 Å². The predicted molar refractivity (Wildman–Crippen MR) is 116 cm³/mol. The third-order valence-electron chi connectivity index (χ3n) is 4.67. The lowest BCUT2D eigenvalue weighted by Crippen LogP contribution is -2.24. The summed E-state index contributed by atoms with van der Waals surface area (Å²) in [5.41, 5.74) is 2.57. The third kappa shape index (κ3) is 4.28. The Balaban J connectivity index is 1.59. The molecule has 7 nitrogen and oxygen atoms in total. The SMILES string of the molecule is COC(=O)CCn1c(SCc2ccc(-n3cccn3)cc2)nc2ccccc2c1=O. The Kier molecular flexibility index (Phi) is 5.94. The standard InChI is InChI=1S/C22H20N4O3S/c1-29-20(27)11-14-25-21(28)18-5-2-3-6-19(18)24-22(25)30-15-16-7-9-17(10-8-16)26-13-4-12-23-26/h2-10,12-13H,11,14-15H2,1H3. The number of benzene rings is 2. The zero-order valence-electron chi connectivity index (χ0n) is 16.4. The van der Waals surface area contributed by atoms with E-state index in [1.807, 2.05) is 54.7 Å². The first kappa shape index (κ1) is 19.9. The second-order valence-electron chi connectivity index (χ2n) is 6.60. The van der Waals surface area contributed by atoms with Crippen LogP contribution in [-0.4, -0.2) is 32.4 Å². The highest BCUT2D eigenvalue weighted by molar-refractivity contribution is 7.98. The topological polar surface area (TPSA) is 79.0 Å². The van der Waals surface area contributed by atoms with Crippen molar-refractivity contribution >= 4 is 28.6 Å². The fourth-order valence-corrected chi connectivity index (χ4v) is 4.06. The van der Waals surface area contributed by atoms with Crippen molar-refractivity contribution in [1.29, 1.82) is 0 Å². The second-order valence-corrected chi connectivity index (χ2v) is 7.54. The van der Waals surface area contributed by atoms with Gasteiger partial charge in [0.15, 0.2) is 5.16 Å². The van der Waals surface area contributed by atoms with Crippen molar-refractivity contribution in [3.05, 3.63) is 82.9 Å². The Labute approximate surface area is 177 Å². The molecule has 0 aliphatic carbocycles. The lowest BCUT2D eigenvalue weighted by molar-refractivity contribution is -0.140. The van der Waals surface area contributed by atoms with Gasteiger partial charge in [0.25, 0.3) is 5.56 Å². The maximum absolute atomic E-state index is 13.0. The van der Waals surface area contributed by atoms with Gasteiger partial charge in [0.05, 0.1) is 30.1 Å². The molecule has 0 bridgehead atoms. The summed E-state index contributed by atoms with van der Waals surface area (Å²) >= 11 is 1.47. The van der Waals surface area contributed by atoms with Crippen LogP contribution in [0, 0.1) is 0 Å². The van der Waals surface area contributed by atoms with Crippen LogP contribution < -0.4 is 5.56 Å². The lowest BCUT2D eigenvalue weighted by Gasteiger charge is -2.13. The monoisotopic (exact) mass is 420 g/mol. The van der Waals surface area contributed by atoms with Gasteiger partial charge in [-0.05, 0) is 35.9 Å². The molecule has 30 heavy (non-hydrogen) atoms. The van der Waals surface area contributed by atoms with Crippen LogP contribution in [0.15, 0.2) is 76.9 Å². The number of aromatic nitrogens is 4. The van der Waals surface area contributed by atoms with Crippen LogP contribution in [0.25, 0.3) is 16.6 Å². The van der Waals surface area contributed by atoms with Gasteiger partial charge in [-0.1, -0.05) is 36.0 Å². The molecule has 2 aromatic heterocycles. The van der Waals surface area contributed by atoms with Crippen molar-refractivity contribution in [1.82, 2.24) is 19.3 Å². The number of hydrogen-bond donors (Lipinski definition) is 0. The first-order chi connectivity index (χ1) is 14.7. The normalized spacial score (nSPS) is 11.0. The van der Waals surface area contributed by atoms with Crippen LogP contribution in [0.5, 0.6) is 0 Å². The van der Waals surface area contributed by atoms with Gasteiger partial charge in [-0.15, -0.1) is 0 Å². The minimum Gasteiger partial charge on any atom is -0.469 e. The van der Waals surface area contributed by atoms with E-state index in [0.29, 0.717) is 21.8 Å². The molecule has 152 valence electrons. The summed E-state index contributed by atoms with van der Waals surface area (Å²) in [5, 5.41) is 5.35. The Bertz CT molecular complexity index is 1220. The van der Waals surface area contributed by atoms with Crippen molar-refractivity contribution in [2.45, 2.75) is 23.9 Å². The Morgan fingerprint density at radius 3 is 2.63 bits per heavy atom. The summed E-state index contributed by atoms with van der Waals surface area (Å²) in [4.78, 5) is 29.3. The fourth-order valence-electron chi connectivity index (χ4n) is 3.07. The molecule has 0 unspecified atom stereocenters. The van der Waals surface area contributed by atoms with Gasteiger partial charge in [0.2, 0.25) is 0 Å². The number of esters is 1. The molecule has 0 aliphatic heterocycles. The first-order valence-electron chi connectivity index (χ1n) is 9.44. The number of para-hydroxylation sites is 1. The Morgan fingerprint density at radius 1 is 1.10 bits per heavy atom. The summed E-state index contributed by atoms with van der Waals surface area (Å²) in [6.45, 7) is 0.226. The van der Waals surface area contributed by atoms with Crippen LogP contribution in [0.4, 0.5) is 0 Å². The summed E-state index contributed by atoms with van der Waals surface area (Å²) in [7, 11) is 1.34. The van der Waals surface area contributed by atoms with Gasteiger partial charge < -0.3 is 4.74 Å². The molecular weight excluding hydrogens is 400 g/mol. The van der Waals surface area contributed by atoms with Crippen molar-refractivity contribution in [2.75, 3.05) is 7.11 Å². The number of methoxy groups -OCH3 is 1. The zero-order valence-corrected chi connectivity index (χ0v) is 17.2. The van der Waals surface area contributed by atoms with Crippen LogP contribution in [0.3, 0.4) is 0 Å². The van der Waals surface area contributed by atoms with Crippen molar-refractivity contribution in [2.24, 2.45) is 0 Å². The average Bonchev–Trinajstić information content (AvgIpc) is 3.32. The maximum Gasteiger partial charge on any atom is 0.307 e. The average molecular weight is 420 g/mol. The molecule has 0 amide bonds. The van der Waals surface area contributed by atoms with Crippen LogP contribution in [0.2, 0.25) is 0 Å². The van der Waals surface area contributed by atoms with Crippen LogP contribution >= 0.6 is 11.8 Å². The predicted octanol–water partition coefficient (Wildman–Crippen LogP) is 3.44. The number of hydrogen-bond acceptors (Lipinski definition) is 6. The molecule has 0 atom stereocenters. The first-order valence-corrected chi connectivity index (χ1v) is 10.4. The molecular formula is C22H20N4O3S. The number of rotatable bonds is 7. The maximum atomic E-state index is 13.0. The van der Waals surface area contributed by atoms with Gasteiger partial charge in [-0.3, -0.25) is 14.2 Å². The van der Waals surface area contributed by atoms with Gasteiger partial charge in [-0.25, -0.2) is 9.67 Å². The number of carbonyl (C=O) groups excluding carboxylic acids is 1. The molecule has 0 saturated heterocycles. The van der Waals surface area contributed by atoms with E-state index < -0.39 is 0 Å². The van der Waals surface area contributed by atoms with Crippen LogP contribution in [-0.2, 0) is 21.8 Å². The second kappa shape index (κ2) is 8.96. The largest absolute Gasteiger partial charge is 0.469 e. The molecule has 2 aromatic carbocycles. The molecule has 4 aromatic rings. The highest BCUT2D eigenvalue weighted by Crippen LogP contribution is 2.23. The van der Waals surface area contributed by atoms with Gasteiger partial charge in [-0.2, -0.15) is 5.10 Å². The van der Waals surface area contributed by atoms with E-state index >= 15 is 0 Å². The van der Waals surface area contributed by atoms with E-state index in [2.05, 4.69) is 10.1 Å². The van der Waals surface area contributed by atoms with Gasteiger partial charge >= 0.3 is 5.97 Å². The molecule has 0 spiro atoms. The van der Waals surface area contributed by atoms with Crippen molar-refractivity contribution in [3.8, 4) is 5.69 Å². The molecule has 0 fully saturated rings. The summed E-state index contributed by atoms with van der Waals surface area (Å²) in [6, 6.07) is 17.2. The Hall–Kier alpha value is -3.39. The molecule has 0 saturated carbocycles. The highest BCUT2D eigenvalue weighted by atomic mass is 32.2. The number of ether oxygens (including phenoxy) is 1. The molecule has 4 rings (SSSR count). The zero-order chi connectivity index (χ0) is 20.9. The third-order valence-corrected chi connectivity index (χ3v) is 5.71.